The average Bonchev–Trinajstić information content (AvgIpc) is 2.79. The third-order valence-corrected chi connectivity index (χ3v) is 5.13. The number of benzene rings is 1. The van der Waals surface area contributed by atoms with Crippen molar-refractivity contribution in [1.29, 1.82) is 0 Å². The van der Waals surface area contributed by atoms with Crippen molar-refractivity contribution in [3.05, 3.63) is 35.4 Å². The number of nitrogens with zero attached hydrogens (tertiary/aromatic N) is 1. The largest absolute Gasteiger partial charge is 0.416 e. The minimum atomic E-state index is -4.35. The molecular formula is C18H23F3N2O. The van der Waals surface area contributed by atoms with Gasteiger partial charge >= 0.3 is 6.18 Å². The highest BCUT2D eigenvalue weighted by molar-refractivity contribution is 5.80. The summed E-state index contributed by atoms with van der Waals surface area (Å²) in [4.78, 5) is 14.9. The Bertz CT molecular complexity index is 588. The summed E-state index contributed by atoms with van der Waals surface area (Å²) >= 11 is 0. The Morgan fingerprint density at radius 2 is 2.04 bits per heavy atom. The van der Waals surface area contributed by atoms with Gasteiger partial charge in [0.05, 0.1) is 5.56 Å². The summed E-state index contributed by atoms with van der Waals surface area (Å²) in [5.41, 5.74) is -0.0929. The molecule has 3 unspecified atom stereocenters. The maximum Gasteiger partial charge on any atom is 0.416 e. The highest BCUT2D eigenvalue weighted by atomic mass is 19.4. The Balaban J connectivity index is 1.71. The number of halogens is 3. The van der Waals surface area contributed by atoms with Crippen LogP contribution >= 0.6 is 0 Å². The zero-order valence-electron chi connectivity index (χ0n) is 13.8. The van der Waals surface area contributed by atoms with Crippen molar-refractivity contribution in [2.75, 3.05) is 13.1 Å². The van der Waals surface area contributed by atoms with Gasteiger partial charge in [0.15, 0.2) is 0 Å². The van der Waals surface area contributed by atoms with Crippen molar-refractivity contribution < 1.29 is 18.0 Å². The number of nitrogens with one attached hydrogen (secondary N) is 1. The molecular weight excluding hydrogens is 317 g/mol. The van der Waals surface area contributed by atoms with E-state index in [2.05, 4.69) is 5.32 Å². The molecule has 1 amide bonds. The molecule has 2 aliphatic heterocycles. The van der Waals surface area contributed by atoms with Crippen LogP contribution in [-0.2, 0) is 17.4 Å². The first-order valence-corrected chi connectivity index (χ1v) is 8.55. The van der Waals surface area contributed by atoms with E-state index in [0.717, 1.165) is 44.5 Å². The molecule has 1 aromatic rings. The third-order valence-electron chi connectivity index (χ3n) is 5.13. The van der Waals surface area contributed by atoms with Crippen molar-refractivity contribution >= 4 is 5.91 Å². The standard InChI is InChI=1S/C18H23F3N2O/c1-12(9-13-3-2-4-14(10-13)18(19,20)21)17(24)23-15-5-6-16(23)11-22-8-7-15/h2-4,10,12,15-16,22H,5-9,11H2,1H3. The third kappa shape index (κ3) is 3.58. The predicted molar refractivity (Wildman–Crippen MR) is 85.5 cm³/mol. The first-order valence-electron chi connectivity index (χ1n) is 8.55. The summed E-state index contributed by atoms with van der Waals surface area (Å²) in [5, 5.41) is 3.36. The van der Waals surface area contributed by atoms with E-state index in [1.807, 2.05) is 11.8 Å². The van der Waals surface area contributed by atoms with Crippen molar-refractivity contribution in [1.82, 2.24) is 10.2 Å². The summed E-state index contributed by atoms with van der Waals surface area (Å²) < 4.78 is 38.5. The van der Waals surface area contributed by atoms with E-state index in [9.17, 15) is 18.0 Å². The summed E-state index contributed by atoms with van der Waals surface area (Å²) in [7, 11) is 0. The molecule has 2 fully saturated rings. The number of hydrogen-bond donors (Lipinski definition) is 1. The fraction of sp³-hybridized carbons (Fsp3) is 0.611. The van der Waals surface area contributed by atoms with Crippen LogP contribution in [0.4, 0.5) is 13.2 Å². The van der Waals surface area contributed by atoms with Gasteiger partial charge < -0.3 is 10.2 Å². The van der Waals surface area contributed by atoms with E-state index in [1.54, 1.807) is 6.07 Å². The molecule has 2 saturated heterocycles. The molecule has 3 nitrogen and oxygen atoms in total. The number of carbonyl (C=O) groups excluding carboxylic acids is 1. The van der Waals surface area contributed by atoms with E-state index < -0.39 is 11.7 Å². The lowest BCUT2D eigenvalue weighted by molar-refractivity contribution is -0.137. The molecule has 0 aliphatic carbocycles. The van der Waals surface area contributed by atoms with Crippen LogP contribution in [0.25, 0.3) is 0 Å². The van der Waals surface area contributed by atoms with Crippen molar-refractivity contribution in [3.63, 3.8) is 0 Å². The van der Waals surface area contributed by atoms with Gasteiger partial charge in [0.25, 0.3) is 0 Å². The number of hydrogen-bond acceptors (Lipinski definition) is 2. The number of amides is 1. The Labute approximate surface area is 140 Å². The summed E-state index contributed by atoms with van der Waals surface area (Å²) in [6, 6.07) is 5.81. The fourth-order valence-corrected chi connectivity index (χ4v) is 3.91. The quantitative estimate of drug-likeness (QED) is 0.916. The topological polar surface area (TPSA) is 32.3 Å². The predicted octanol–water partition coefficient (Wildman–Crippen LogP) is 3.24. The second kappa shape index (κ2) is 6.75. The van der Waals surface area contributed by atoms with Crippen molar-refractivity contribution in [2.45, 2.75) is 50.9 Å². The van der Waals surface area contributed by atoms with Crippen LogP contribution in [0.2, 0.25) is 0 Å². The van der Waals surface area contributed by atoms with Gasteiger partial charge in [0.2, 0.25) is 5.91 Å². The summed E-state index contributed by atoms with van der Waals surface area (Å²) in [6.45, 7) is 3.56. The SMILES string of the molecule is CC(Cc1cccc(C(F)(F)F)c1)C(=O)N1C2CCNCC1CC2. The van der Waals surface area contributed by atoms with Gasteiger partial charge in [-0.05, 0) is 43.9 Å². The smallest absolute Gasteiger partial charge is 0.335 e. The molecule has 2 heterocycles. The molecule has 24 heavy (non-hydrogen) atoms. The van der Waals surface area contributed by atoms with Gasteiger partial charge in [-0.3, -0.25) is 4.79 Å². The first-order chi connectivity index (χ1) is 11.4. The molecule has 2 aliphatic rings. The van der Waals surface area contributed by atoms with Gasteiger partial charge in [0.1, 0.15) is 0 Å². The molecule has 0 aromatic heterocycles. The lowest BCUT2D eigenvalue weighted by atomic mass is 9.97. The maximum absolute atomic E-state index is 12.9. The van der Waals surface area contributed by atoms with Gasteiger partial charge in [0, 0.05) is 24.5 Å². The monoisotopic (exact) mass is 340 g/mol. The average molecular weight is 340 g/mol. The second-order valence-corrected chi connectivity index (χ2v) is 6.93. The number of rotatable bonds is 3. The fourth-order valence-electron chi connectivity index (χ4n) is 3.91. The van der Waals surface area contributed by atoms with Crippen LogP contribution in [-0.4, -0.2) is 36.0 Å². The van der Waals surface area contributed by atoms with Crippen LogP contribution < -0.4 is 5.32 Å². The first kappa shape index (κ1) is 17.3. The molecule has 6 heteroatoms. The lowest BCUT2D eigenvalue weighted by Crippen LogP contribution is -2.45. The Morgan fingerprint density at radius 1 is 1.29 bits per heavy atom. The molecule has 1 aromatic carbocycles. The second-order valence-electron chi connectivity index (χ2n) is 6.93. The van der Waals surface area contributed by atoms with Crippen LogP contribution in [0.15, 0.2) is 24.3 Å². The molecule has 0 spiro atoms. The minimum Gasteiger partial charge on any atom is -0.335 e. The van der Waals surface area contributed by atoms with E-state index in [-0.39, 0.29) is 23.9 Å². The molecule has 3 atom stereocenters. The molecule has 132 valence electrons. The molecule has 2 bridgehead atoms. The Hall–Kier alpha value is -1.56. The lowest BCUT2D eigenvalue weighted by Gasteiger charge is -2.30. The molecule has 0 saturated carbocycles. The van der Waals surface area contributed by atoms with Crippen LogP contribution in [0, 0.1) is 5.92 Å². The van der Waals surface area contributed by atoms with Gasteiger partial charge in [-0.2, -0.15) is 13.2 Å². The Morgan fingerprint density at radius 3 is 2.79 bits per heavy atom. The van der Waals surface area contributed by atoms with Crippen LogP contribution in [0.5, 0.6) is 0 Å². The van der Waals surface area contributed by atoms with E-state index in [1.165, 1.54) is 6.07 Å². The molecule has 1 N–H and O–H groups in total. The highest BCUT2D eigenvalue weighted by Crippen LogP contribution is 2.32. The van der Waals surface area contributed by atoms with Crippen LogP contribution in [0.3, 0.4) is 0 Å². The number of carbonyl (C=O) groups is 1. The zero-order chi connectivity index (χ0) is 17.3. The zero-order valence-corrected chi connectivity index (χ0v) is 13.8. The maximum atomic E-state index is 12.9. The summed E-state index contributed by atoms with van der Waals surface area (Å²) in [6.07, 6.45) is -1.00. The number of fused-ring (bicyclic) bond motifs is 2. The molecule has 3 rings (SSSR count). The van der Waals surface area contributed by atoms with E-state index in [0.29, 0.717) is 12.0 Å². The molecule has 0 radical (unpaired) electrons. The van der Waals surface area contributed by atoms with Crippen molar-refractivity contribution in [3.8, 4) is 0 Å². The van der Waals surface area contributed by atoms with E-state index >= 15 is 0 Å². The van der Waals surface area contributed by atoms with Crippen LogP contribution in [0.1, 0.15) is 37.3 Å². The van der Waals surface area contributed by atoms with Gasteiger partial charge in [-0.15, -0.1) is 0 Å². The number of alkyl halides is 3. The van der Waals surface area contributed by atoms with Gasteiger partial charge in [-0.1, -0.05) is 25.1 Å². The van der Waals surface area contributed by atoms with Crippen molar-refractivity contribution in [2.24, 2.45) is 5.92 Å². The normalized spacial score (nSPS) is 25.4. The minimum absolute atomic E-state index is 0.0728. The van der Waals surface area contributed by atoms with E-state index in [4.69, 9.17) is 0 Å². The van der Waals surface area contributed by atoms with Gasteiger partial charge in [-0.25, -0.2) is 0 Å². The summed E-state index contributed by atoms with van der Waals surface area (Å²) in [5.74, 6) is -0.238. The Kier molecular flexibility index (Phi) is 4.85. The highest BCUT2D eigenvalue weighted by Gasteiger charge is 2.39.